The monoisotopic (exact) mass is 404 g/mol. The summed E-state index contributed by atoms with van der Waals surface area (Å²) in [6, 6.07) is 0.373. The van der Waals surface area contributed by atoms with Crippen LogP contribution >= 0.6 is 11.6 Å². The maximum Gasteiger partial charge on any atom is 0.237 e. The van der Waals surface area contributed by atoms with Gasteiger partial charge in [0.25, 0.3) is 0 Å². The molecule has 0 atom stereocenters. The molecule has 2 saturated carbocycles. The van der Waals surface area contributed by atoms with E-state index in [1.807, 2.05) is 17.8 Å². The Hall–Kier alpha value is -2.40. The fourth-order valence-corrected chi connectivity index (χ4v) is 3.91. The SMILES string of the molecule is [C-]#[N+]C1CC(n2cc(Nc3ncc(Cl)c(OCC4CC(C)(F)C4)n3)c(C)n2)C1. The van der Waals surface area contributed by atoms with Crippen molar-refractivity contribution in [1.82, 2.24) is 19.7 Å². The Morgan fingerprint density at radius 3 is 2.89 bits per heavy atom. The van der Waals surface area contributed by atoms with Gasteiger partial charge in [-0.1, -0.05) is 11.6 Å². The van der Waals surface area contributed by atoms with Gasteiger partial charge in [-0.15, -0.1) is 0 Å². The van der Waals surface area contributed by atoms with Gasteiger partial charge in [0.15, 0.2) is 0 Å². The van der Waals surface area contributed by atoms with E-state index in [9.17, 15) is 4.39 Å². The van der Waals surface area contributed by atoms with Crippen LogP contribution in [-0.2, 0) is 0 Å². The first kappa shape index (κ1) is 18.9. The molecule has 0 saturated heterocycles. The van der Waals surface area contributed by atoms with E-state index in [1.165, 1.54) is 6.20 Å². The summed E-state index contributed by atoms with van der Waals surface area (Å²) in [6.45, 7) is 11.0. The molecule has 0 amide bonds. The summed E-state index contributed by atoms with van der Waals surface area (Å²) >= 11 is 6.14. The zero-order valence-electron chi connectivity index (χ0n) is 15.8. The lowest BCUT2D eigenvalue weighted by molar-refractivity contribution is 0.00165. The highest BCUT2D eigenvalue weighted by Gasteiger charge is 2.40. The minimum absolute atomic E-state index is 0.108. The summed E-state index contributed by atoms with van der Waals surface area (Å²) in [7, 11) is 0. The van der Waals surface area contributed by atoms with E-state index in [0.29, 0.717) is 30.4 Å². The van der Waals surface area contributed by atoms with Gasteiger partial charge in [-0.05, 0) is 32.6 Å². The fraction of sp³-hybridized carbons (Fsp3) is 0.579. The lowest BCUT2D eigenvalue weighted by Gasteiger charge is -2.38. The highest BCUT2D eigenvalue weighted by molar-refractivity contribution is 6.31. The van der Waals surface area contributed by atoms with E-state index in [1.54, 1.807) is 6.92 Å². The fourth-order valence-electron chi connectivity index (χ4n) is 3.76. The molecule has 2 heterocycles. The first-order chi connectivity index (χ1) is 13.3. The van der Waals surface area contributed by atoms with Gasteiger partial charge in [-0.25, -0.2) is 15.9 Å². The molecule has 0 aliphatic heterocycles. The van der Waals surface area contributed by atoms with Crippen molar-refractivity contribution < 1.29 is 9.13 Å². The van der Waals surface area contributed by atoms with Gasteiger partial charge in [0.2, 0.25) is 17.9 Å². The molecule has 2 aromatic rings. The molecule has 2 aliphatic carbocycles. The third kappa shape index (κ3) is 3.90. The Kier molecular flexibility index (Phi) is 4.88. The molecule has 0 unspecified atom stereocenters. The molecular formula is C19H22ClFN6O. The van der Waals surface area contributed by atoms with Gasteiger partial charge in [0.1, 0.15) is 10.7 Å². The van der Waals surface area contributed by atoms with E-state index in [4.69, 9.17) is 22.9 Å². The van der Waals surface area contributed by atoms with Crippen LogP contribution in [0, 0.1) is 19.4 Å². The molecule has 148 valence electrons. The van der Waals surface area contributed by atoms with Gasteiger partial charge in [-0.3, -0.25) is 4.68 Å². The summed E-state index contributed by atoms with van der Waals surface area (Å²) in [5, 5.41) is 8.00. The molecule has 4 rings (SSSR count). The van der Waals surface area contributed by atoms with Crippen LogP contribution in [0.2, 0.25) is 5.02 Å². The largest absolute Gasteiger partial charge is 0.476 e. The standard InChI is InChI=1S/C19H22ClFN6O/c1-11-16(9-27(26-11)14-4-13(5-14)22-3)24-18-23-8-15(20)17(25-18)28-10-12-6-19(2,21)7-12/h8-9,12-14H,4-7,10H2,1-2H3,(H,23,24,25). The summed E-state index contributed by atoms with van der Waals surface area (Å²) in [5.74, 6) is 0.828. The van der Waals surface area contributed by atoms with E-state index >= 15 is 0 Å². The number of anilines is 2. The number of alkyl halides is 1. The highest BCUT2D eigenvalue weighted by Crippen LogP contribution is 2.41. The predicted molar refractivity (Wildman–Crippen MR) is 104 cm³/mol. The Labute approximate surface area is 168 Å². The lowest BCUT2D eigenvalue weighted by atomic mass is 9.74. The van der Waals surface area contributed by atoms with Crippen LogP contribution < -0.4 is 10.1 Å². The van der Waals surface area contributed by atoms with Crippen LogP contribution in [0.3, 0.4) is 0 Å². The van der Waals surface area contributed by atoms with Crippen LogP contribution in [0.4, 0.5) is 16.0 Å². The Balaban J connectivity index is 1.40. The minimum Gasteiger partial charge on any atom is -0.476 e. The van der Waals surface area contributed by atoms with Crippen molar-refractivity contribution in [2.24, 2.45) is 5.92 Å². The van der Waals surface area contributed by atoms with Crippen molar-refractivity contribution >= 4 is 23.2 Å². The topological polar surface area (TPSA) is 69.2 Å². The molecule has 9 heteroatoms. The molecule has 0 spiro atoms. The first-order valence-electron chi connectivity index (χ1n) is 9.36. The Morgan fingerprint density at radius 2 is 2.21 bits per heavy atom. The molecule has 28 heavy (non-hydrogen) atoms. The van der Waals surface area contributed by atoms with Crippen LogP contribution in [0.1, 0.15) is 44.3 Å². The van der Waals surface area contributed by atoms with Crippen LogP contribution in [-0.4, -0.2) is 38.1 Å². The minimum atomic E-state index is -1.08. The molecule has 2 aromatic heterocycles. The molecule has 0 aromatic carbocycles. The number of aryl methyl sites for hydroxylation is 1. The van der Waals surface area contributed by atoms with Crippen molar-refractivity contribution in [2.75, 3.05) is 11.9 Å². The second kappa shape index (κ2) is 7.21. The second-order valence-corrected chi connectivity index (χ2v) is 8.39. The van der Waals surface area contributed by atoms with Crippen LogP contribution in [0.5, 0.6) is 5.88 Å². The maximum atomic E-state index is 13.6. The number of hydrogen-bond donors (Lipinski definition) is 1. The zero-order chi connectivity index (χ0) is 19.9. The quantitative estimate of drug-likeness (QED) is 0.717. The Bertz CT molecular complexity index is 910. The van der Waals surface area contributed by atoms with Crippen molar-refractivity contribution in [3.8, 4) is 5.88 Å². The molecular weight excluding hydrogens is 383 g/mol. The van der Waals surface area contributed by atoms with Crippen LogP contribution in [0.15, 0.2) is 12.4 Å². The van der Waals surface area contributed by atoms with E-state index in [0.717, 1.165) is 24.2 Å². The molecule has 0 radical (unpaired) electrons. The van der Waals surface area contributed by atoms with Gasteiger partial charge in [-0.2, -0.15) is 10.1 Å². The summed E-state index contributed by atoms with van der Waals surface area (Å²) < 4.78 is 21.2. The van der Waals surface area contributed by atoms with Gasteiger partial charge in [0, 0.05) is 19.0 Å². The second-order valence-electron chi connectivity index (χ2n) is 7.99. The average Bonchev–Trinajstić information content (AvgIpc) is 2.92. The molecule has 7 nitrogen and oxygen atoms in total. The summed E-state index contributed by atoms with van der Waals surface area (Å²) in [5.41, 5.74) is 0.541. The number of aromatic nitrogens is 4. The summed E-state index contributed by atoms with van der Waals surface area (Å²) in [6.07, 6.45) is 6.05. The number of hydrogen-bond acceptors (Lipinski definition) is 5. The van der Waals surface area contributed by atoms with Crippen molar-refractivity contribution in [3.05, 3.63) is 34.5 Å². The molecule has 2 fully saturated rings. The number of halogens is 2. The average molecular weight is 405 g/mol. The first-order valence-corrected chi connectivity index (χ1v) is 9.74. The third-order valence-corrected chi connectivity index (χ3v) is 5.66. The Morgan fingerprint density at radius 1 is 1.46 bits per heavy atom. The molecule has 1 N–H and O–H groups in total. The van der Waals surface area contributed by atoms with E-state index in [-0.39, 0.29) is 23.9 Å². The lowest BCUT2D eigenvalue weighted by Crippen LogP contribution is -2.39. The summed E-state index contributed by atoms with van der Waals surface area (Å²) in [4.78, 5) is 12.1. The maximum absolute atomic E-state index is 13.6. The smallest absolute Gasteiger partial charge is 0.237 e. The highest BCUT2D eigenvalue weighted by atomic mass is 35.5. The number of ether oxygens (including phenoxy) is 1. The van der Waals surface area contributed by atoms with Gasteiger partial charge < -0.3 is 14.9 Å². The van der Waals surface area contributed by atoms with E-state index in [2.05, 4.69) is 25.2 Å². The van der Waals surface area contributed by atoms with E-state index < -0.39 is 5.67 Å². The normalized spacial score (nSPS) is 28.8. The van der Waals surface area contributed by atoms with Crippen molar-refractivity contribution in [3.63, 3.8) is 0 Å². The number of rotatable bonds is 6. The van der Waals surface area contributed by atoms with Gasteiger partial charge in [0.05, 0.1) is 30.2 Å². The van der Waals surface area contributed by atoms with Crippen molar-refractivity contribution in [1.29, 1.82) is 0 Å². The van der Waals surface area contributed by atoms with Crippen molar-refractivity contribution in [2.45, 2.75) is 57.3 Å². The number of nitrogens with one attached hydrogen (secondary N) is 1. The third-order valence-electron chi connectivity index (χ3n) is 5.40. The molecule has 0 bridgehead atoms. The predicted octanol–water partition coefficient (Wildman–Crippen LogP) is 4.52. The zero-order valence-corrected chi connectivity index (χ0v) is 16.6. The number of nitrogens with zero attached hydrogens (tertiary/aromatic N) is 5. The molecule has 2 aliphatic rings. The van der Waals surface area contributed by atoms with Gasteiger partial charge >= 0.3 is 0 Å². The van der Waals surface area contributed by atoms with Crippen LogP contribution in [0.25, 0.3) is 4.85 Å².